The van der Waals surface area contributed by atoms with Crippen LogP contribution in [0.15, 0.2) is 121 Å². The maximum atomic E-state index is 10.5. The molecular weight excluding hydrogens is 635 g/mol. The van der Waals surface area contributed by atoms with E-state index in [1.807, 2.05) is 53.0 Å². The quantitative estimate of drug-likeness (QED) is 0.189. The smallest absolute Gasteiger partial charge is 0.101 e. The van der Waals surface area contributed by atoms with Crippen LogP contribution in [-0.2, 0) is 6.42 Å². The second kappa shape index (κ2) is 10.8. The van der Waals surface area contributed by atoms with Crippen LogP contribution in [0.3, 0.4) is 0 Å². The molecule has 0 fully saturated rings. The van der Waals surface area contributed by atoms with E-state index < -0.39 is 0 Å². The molecule has 10 rings (SSSR count). The highest BCUT2D eigenvalue weighted by molar-refractivity contribution is 7.33. The van der Waals surface area contributed by atoms with Crippen molar-refractivity contribution in [1.29, 1.82) is 10.5 Å². The van der Waals surface area contributed by atoms with Gasteiger partial charge in [-0.1, -0.05) is 78.9 Å². The zero-order valence-electron chi connectivity index (χ0n) is 26.2. The van der Waals surface area contributed by atoms with Crippen LogP contribution in [0.1, 0.15) is 28.8 Å². The van der Waals surface area contributed by atoms with Crippen LogP contribution in [0, 0.1) is 22.7 Å². The summed E-state index contributed by atoms with van der Waals surface area (Å²) in [4.78, 5) is 0. The summed E-state index contributed by atoms with van der Waals surface area (Å²) in [5.74, 6) is 0. The van der Waals surface area contributed by atoms with E-state index in [0.29, 0.717) is 11.1 Å². The highest BCUT2D eigenvalue weighted by atomic mass is 32.1. The summed E-state index contributed by atoms with van der Waals surface area (Å²) in [6.07, 6.45) is 6.18. The summed E-state index contributed by atoms with van der Waals surface area (Å²) in [6.45, 7) is 0. The first-order valence-corrected chi connectivity index (χ1v) is 18.0. The van der Waals surface area contributed by atoms with Crippen LogP contribution < -0.4 is 0 Å². The highest BCUT2D eigenvalue weighted by Crippen LogP contribution is 2.46. The van der Waals surface area contributed by atoms with Gasteiger partial charge < -0.3 is 4.57 Å². The van der Waals surface area contributed by atoms with Crippen LogP contribution in [-0.4, -0.2) is 4.57 Å². The normalized spacial score (nSPS) is 12.6. The van der Waals surface area contributed by atoms with E-state index in [1.165, 1.54) is 57.2 Å². The third kappa shape index (κ3) is 4.17. The molecule has 0 unspecified atom stereocenters. The van der Waals surface area contributed by atoms with Crippen molar-refractivity contribution in [3.63, 3.8) is 0 Å². The van der Waals surface area contributed by atoms with Crippen molar-refractivity contribution in [2.75, 3.05) is 0 Å². The molecule has 0 saturated carbocycles. The Morgan fingerprint density at radius 1 is 0.592 bits per heavy atom. The highest BCUT2D eigenvalue weighted by Gasteiger charge is 2.24. The molecule has 0 aliphatic heterocycles. The van der Waals surface area contributed by atoms with E-state index in [1.54, 1.807) is 0 Å². The van der Waals surface area contributed by atoms with Gasteiger partial charge in [-0.15, -0.1) is 22.7 Å². The lowest BCUT2D eigenvalue weighted by Gasteiger charge is -2.18. The number of hydrogen-bond donors (Lipinski definition) is 0. The van der Waals surface area contributed by atoms with Crippen LogP contribution in [0.2, 0.25) is 0 Å². The van der Waals surface area contributed by atoms with Gasteiger partial charge in [0, 0.05) is 53.2 Å². The lowest BCUT2D eigenvalue weighted by atomic mass is 9.97. The molecule has 0 radical (unpaired) electrons. The largest absolute Gasteiger partial charge is 0.311 e. The van der Waals surface area contributed by atoms with Gasteiger partial charge in [-0.2, -0.15) is 10.5 Å². The number of para-hydroxylation sites is 1. The number of allylic oxidation sites excluding steroid dienone is 1. The van der Waals surface area contributed by atoms with Crippen molar-refractivity contribution in [2.24, 2.45) is 0 Å². The Balaban J connectivity index is 1.18. The van der Waals surface area contributed by atoms with E-state index in [4.69, 9.17) is 0 Å². The number of thiophene rings is 2. The van der Waals surface area contributed by atoms with E-state index in [2.05, 4.69) is 114 Å². The van der Waals surface area contributed by atoms with Crippen LogP contribution >= 0.6 is 22.7 Å². The SMILES string of the molecule is N#Cc1ccc2c(c1)c1c(n2-c2c(C#N)cccc2-c2ccc3sc4c(ccc5c6cc(-c7ccccc7)ccc6sc54)c3c2)CCC=C1. The van der Waals surface area contributed by atoms with Gasteiger partial charge in [0.15, 0.2) is 0 Å². The third-order valence-electron chi connectivity index (χ3n) is 9.94. The average Bonchev–Trinajstić information content (AvgIpc) is 3.83. The second-order valence-electron chi connectivity index (χ2n) is 12.6. The molecule has 1 aliphatic carbocycles. The van der Waals surface area contributed by atoms with Crippen molar-refractivity contribution >= 4 is 80.0 Å². The lowest BCUT2D eigenvalue weighted by molar-refractivity contribution is 0.888. The summed E-state index contributed by atoms with van der Waals surface area (Å²) >= 11 is 3.74. The summed E-state index contributed by atoms with van der Waals surface area (Å²) in [5.41, 5.74) is 10.1. The van der Waals surface area contributed by atoms with Crippen molar-refractivity contribution < 1.29 is 0 Å². The zero-order valence-corrected chi connectivity index (χ0v) is 27.8. The van der Waals surface area contributed by atoms with Gasteiger partial charge in [-0.25, -0.2) is 0 Å². The van der Waals surface area contributed by atoms with Gasteiger partial charge in [0.25, 0.3) is 0 Å². The Hall–Kier alpha value is -5.98. The van der Waals surface area contributed by atoms with E-state index in [-0.39, 0.29) is 0 Å². The second-order valence-corrected chi connectivity index (χ2v) is 14.7. The predicted molar refractivity (Wildman–Crippen MR) is 207 cm³/mol. The minimum Gasteiger partial charge on any atom is -0.311 e. The van der Waals surface area contributed by atoms with Gasteiger partial charge in [0.2, 0.25) is 0 Å². The molecule has 1 aliphatic rings. The fraction of sp³-hybridized carbons (Fsp3) is 0.0455. The molecule has 0 amide bonds. The first-order chi connectivity index (χ1) is 24.2. The van der Waals surface area contributed by atoms with Crippen LogP contribution in [0.5, 0.6) is 0 Å². The number of benzene rings is 6. The van der Waals surface area contributed by atoms with Gasteiger partial charge >= 0.3 is 0 Å². The van der Waals surface area contributed by atoms with Gasteiger partial charge in [-0.3, -0.25) is 0 Å². The maximum absolute atomic E-state index is 10.5. The maximum Gasteiger partial charge on any atom is 0.101 e. The third-order valence-corrected chi connectivity index (χ3v) is 12.5. The van der Waals surface area contributed by atoms with Crippen LogP contribution in [0.25, 0.3) is 85.3 Å². The molecule has 0 N–H and O–H groups in total. The summed E-state index contributed by atoms with van der Waals surface area (Å²) in [7, 11) is 0. The van der Waals surface area contributed by atoms with Crippen molar-refractivity contribution in [2.45, 2.75) is 12.8 Å². The predicted octanol–water partition coefficient (Wildman–Crippen LogP) is 12.4. The first kappa shape index (κ1) is 28.1. The fourth-order valence-corrected chi connectivity index (χ4v) is 10.2. The Morgan fingerprint density at radius 3 is 2.06 bits per heavy atom. The minimum absolute atomic E-state index is 0.633. The lowest BCUT2D eigenvalue weighted by Crippen LogP contribution is -2.06. The van der Waals surface area contributed by atoms with E-state index >= 15 is 0 Å². The average molecular weight is 660 g/mol. The molecule has 0 saturated heterocycles. The number of nitriles is 2. The Kier molecular flexibility index (Phi) is 6.17. The number of rotatable bonds is 3. The summed E-state index contributed by atoms with van der Waals surface area (Å²) in [6, 6.07) is 45.5. The van der Waals surface area contributed by atoms with E-state index in [9.17, 15) is 10.5 Å². The molecule has 6 aromatic carbocycles. The zero-order chi connectivity index (χ0) is 32.6. The molecule has 5 heteroatoms. The van der Waals surface area contributed by atoms with Gasteiger partial charge in [-0.05, 0) is 78.1 Å². The van der Waals surface area contributed by atoms with Gasteiger partial charge in [0.05, 0.1) is 37.8 Å². The van der Waals surface area contributed by atoms with Crippen molar-refractivity contribution in [3.05, 3.63) is 144 Å². The molecule has 3 nitrogen and oxygen atoms in total. The molecule has 3 aromatic heterocycles. The fourth-order valence-electron chi connectivity index (χ4n) is 7.70. The molecule has 228 valence electrons. The Bertz CT molecular complexity index is 2960. The number of aromatic nitrogens is 1. The summed E-state index contributed by atoms with van der Waals surface area (Å²) < 4.78 is 7.50. The Morgan fingerprint density at radius 2 is 1.33 bits per heavy atom. The minimum atomic E-state index is 0.633. The molecular formula is C44H25N3S2. The Labute approximate surface area is 290 Å². The summed E-state index contributed by atoms with van der Waals surface area (Å²) in [5, 5.41) is 26.3. The van der Waals surface area contributed by atoms with Crippen molar-refractivity contribution in [1.82, 2.24) is 4.57 Å². The molecule has 0 atom stereocenters. The number of nitrogens with zero attached hydrogens (tertiary/aromatic N) is 3. The van der Waals surface area contributed by atoms with Crippen LogP contribution in [0.4, 0.5) is 0 Å². The standard InChI is InChI=1S/C44H25N3S2/c45-24-26-13-18-39-35(21-26)32-10-4-5-12-38(32)47(39)42-30(25-46)9-6-11-31(42)29-15-20-41-37(23-29)34-17-16-33-36-22-28(27-7-2-1-3-8-27)14-19-40(36)48-43(33)44(34)49-41/h1-4,6-11,13-23H,5,12H2. The van der Waals surface area contributed by atoms with E-state index in [0.717, 1.165) is 46.1 Å². The first-order valence-electron chi connectivity index (χ1n) is 16.3. The molecule has 3 heterocycles. The number of fused-ring (bicyclic) bond motifs is 10. The monoisotopic (exact) mass is 659 g/mol. The van der Waals surface area contributed by atoms with Crippen molar-refractivity contribution in [3.8, 4) is 40.1 Å². The number of hydrogen-bond acceptors (Lipinski definition) is 4. The molecule has 49 heavy (non-hydrogen) atoms. The molecule has 9 aromatic rings. The van der Waals surface area contributed by atoms with Gasteiger partial charge in [0.1, 0.15) is 6.07 Å². The molecule has 0 bridgehead atoms. The molecule has 0 spiro atoms. The topological polar surface area (TPSA) is 52.5 Å².